The Hall–Kier alpha value is -12.5. The van der Waals surface area contributed by atoms with Crippen molar-refractivity contribution in [3.8, 4) is 67.3 Å². The Bertz CT molecular complexity index is 6580. The first-order chi connectivity index (χ1) is 49.6. The van der Waals surface area contributed by atoms with Crippen LogP contribution in [0.2, 0.25) is 0 Å². The van der Waals surface area contributed by atoms with Crippen molar-refractivity contribution in [2.45, 2.75) is 36.5 Å². The Kier molecular flexibility index (Phi) is 11.7. The molecule has 4 aliphatic rings. The fourth-order valence-electron chi connectivity index (χ4n) is 19.4. The number of fused-ring (bicyclic) bond motifs is 29. The van der Waals surface area contributed by atoms with E-state index in [0.717, 1.165) is 0 Å². The Morgan fingerprint density at radius 3 is 1.06 bits per heavy atom. The number of nitrogens with zero attached hydrogens (tertiary/aromatic N) is 4. The van der Waals surface area contributed by atoms with Gasteiger partial charge in [-0.2, -0.15) is 0 Å². The summed E-state index contributed by atoms with van der Waals surface area (Å²) in [4.78, 5) is 0. The lowest BCUT2D eigenvalue weighted by Gasteiger charge is -2.30. The highest BCUT2D eigenvalue weighted by Gasteiger charge is 2.52. The molecule has 4 heteroatoms. The maximum atomic E-state index is 2.56. The summed E-state index contributed by atoms with van der Waals surface area (Å²) < 4.78 is 9.98. The van der Waals surface area contributed by atoms with E-state index in [4.69, 9.17) is 0 Å². The molecule has 1 fully saturated rings. The molecule has 4 heterocycles. The Morgan fingerprint density at radius 2 is 0.560 bits per heavy atom. The Balaban J connectivity index is 0.000000127. The molecule has 0 aliphatic heterocycles. The maximum Gasteiger partial charge on any atom is 0.0726 e. The molecule has 4 aromatic heterocycles. The van der Waals surface area contributed by atoms with E-state index >= 15 is 0 Å². The predicted octanol–water partition coefficient (Wildman–Crippen LogP) is 24.6. The maximum absolute atomic E-state index is 2.56. The van der Waals surface area contributed by atoms with Gasteiger partial charge in [0.2, 0.25) is 0 Å². The van der Waals surface area contributed by atoms with Crippen molar-refractivity contribution < 1.29 is 0 Å². The largest absolute Gasteiger partial charge is 0.309 e. The highest BCUT2D eigenvalue weighted by Crippen LogP contribution is 2.64. The third-order valence-electron chi connectivity index (χ3n) is 23.4. The first kappa shape index (κ1) is 55.6. The molecule has 100 heavy (non-hydrogen) atoms. The van der Waals surface area contributed by atoms with Crippen LogP contribution in [-0.4, -0.2) is 18.3 Å². The molecule has 19 aromatic rings. The lowest BCUT2D eigenvalue weighted by Crippen LogP contribution is -2.26. The highest BCUT2D eigenvalue weighted by molar-refractivity contribution is 6.28. The van der Waals surface area contributed by atoms with Crippen LogP contribution < -0.4 is 0 Å². The first-order valence-electron chi connectivity index (χ1n) is 35.4. The second-order valence-corrected chi connectivity index (χ2v) is 28.1. The molecule has 23 rings (SSSR count). The van der Waals surface area contributed by atoms with Crippen molar-refractivity contribution in [1.29, 1.82) is 0 Å². The topological polar surface area (TPSA) is 19.7 Å². The summed E-state index contributed by atoms with van der Waals surface area (Å²) in [6.07, 6.45) is 5.04. The average Bonchev–Trinajstić information content (AvgIpc) is 1.52. The summed E-state index contributed by atoms with van der Waals surface area (Å²) in [5, 5.41) is 10.2. The molecule has 0 radical (unpaired) electrons. The van der Waals surface area contributed by atoms with Gasteiger partial charge in [0.25, 0.3) is 0 Å². The summed E-state index contributed by atoms with van der Waals surface area (Å²) in [6.45, 7) is 0. The highest BCUT2D eigenvalue weighted by atomic mass is 15.0. The second-order valence-electron chi connectivity index (χ2n) is 28.1. The van der Waals surface area contributed by atoms with E-state index in [1.807, 2.05) is 0 Å². The van der Waals surface area contributed by atoms with Crippen molar-refractivity contribution in [3.63, 3.8) is 0 Å². The Labute approximate surface area is 578 Å². The fraction of sp³-hybridized carbons (Fsp3) is 0.0625. The lowest BCUT2D eigenvalue weighted by atomic mass is 9.70. The zero-order valence-corrected chi connectivity index (χ0v) is 54.9. The number of rotatable bonds is 5. The normalized spacial score (nSPS) is 14.2. The molecular formula is C96H64N4. The predicted molar refractivity (Wildman–Crippen MR) is 417 cm³/mol. The van der Waals surface area contributed by atoms with Crippen LogP contribution in [0.25, 0.3) is 154 Å². The zero-order chi connectivity index (χ0) is 65.4. The van der Waals surface area contributed by atoms with Gasteiger partial charge in [0.05, 0.1) is 49.5 Å². The first-order valence-corrected chi connectivity index (χ1v) is 35.4. The third-order valence-corrected chi connectivity index (χ3v) is 23.4. The number of hydrogen-bond acceptors (Lipinski definition) is 0. The van der Waals surface area contributed by atoms with Crippen LogP contribution in [0.15, 0.2) is 340 Å². The average molecular weight is 1270 g/mol. The van der Waals surface area contributed by atoms with Gasteiger partial charge < -0.3 is 18.3 Å². The van der Waals surface area contributed by atoms with E-state index in [0.29, 0.717) is 0 Å². The number of benzene rings is 15. The van der Waals surface area contributed by atoms with Crippen molar-refractivity contribution in [2.75, 3.05) is 0 Å². The van der Waals surface area contributed by atoms with Gasteiger partial charge in [0.1, 0.15) is 0 Å². The monoisotopic (exact) mass is 1270 g/mol. The molecule has 0 saturated heterocycles. The van der Waals surface area contributed by atoms with Crippen LogP contribution in [0, 0.1) is 0 Å². The Morgan fingerprint density at radius 1 is 0.210 bits per heavy atom. The molecule has 0 atom stereocenters. The van der Waals surface area contributed by atoms with E-state index in [1.165, 1.54) is 214 Å². The zero-order valence-electron chi connectivity index (χ0n) is 54.9. The minimum absolute atomic E-state index is 0.123. The van der Waals surface area contributed by atoms with E-state index in [2.05, 4.69) is 358 Å². The van der Waals surface area contributed by atoms with Gasteiger partial charge in [-0.15, -0.1) is 0 Å². The molecule has 2 spiro atoms. The van der Waals surface area contributed by atoms with Crippen LogP contribution in [0.4, 0.5) is 0 Å². The molecule has 4 aliphatic carbocycles. The summed E-state index contributed by atoms with van der Waals surface area (Å²) in [6, 6.07) is 126. The van der Waals surface area contributed by atoms with Gasteiger partial charge in [-0.3, -0.25) is 0 Å². The van der Waals surface area contributed by atoms with Crippen LogP contribution in [-0.2, 0) is 10.8 Å². The molecule has 1 saturated carbocycles. The van der Waals surface area contributed by atoms with E-state index in [9.17, 15) is 0 Å². The molecule has 4 nitrogen and oxygen atoms in total. The summed E-state index contributed by atoms with van der Waals surface area (Å²) >= 11 is 0. The van der Waals surface area contributed by atoms with Gasteiger partial charge in [-0.1, -0.05) is 268 Å². The SMILES string of the molecule is c1ccc(-c2ccc(-n3c4ccccc4c4c3ccc3c5ccccc5n(-c5ccc6c(c5)C5(CCCC5)c5ccccc5-6)c34)cc2)cc1.c1ccc(-n2c3ccccc3c3c2ccc2c4ccccc4n(-c4ccc5c(c4)C4(c6ccccc6-c6ccccc64)c4ccccc4-5)c23)cc1. The van der Waals surface area contributed by atoms with Crippen molar-refractivity contribution >= 4 is 87.2 Å². The van der Waals surface area contributed by atoms with Gasteiger partial charge in [-0.05, 0) is 176 Å². The van der Waals surface area contributed by atoms with Crippen molar-refractivity contribution in [2.24, 2.45) is 0 Å². The van der Waals surface area contributed by atoms with E-state index < -0.39 is 5.41 Å². The van der Waals surface area contributed by atoms with Gasteiger partial charge in [0, 0.05) is 71.3 Å². The molecule has 0 bridgehead atoms. The number of para-hydroxylation sites is 5. The van der Waals surface area contributed by atoms with Gasteiger partial charge in [-0.25, -0.2) is 0 Å². The van der Waals surface area contributed by atoms with E-state index in [-0.39, 0.29) is 5.41 Å². The molecular weight excluding hydrogens is 1210 g/mol. The summed E-state index contributed by atoms with van der Waals surface area (Å²) in [5.41, 5.74) is 33.5. The van der Waals surface area contributed by atoms with Crippen LogP contribution in [0.5, 0.6) is 0 Å². The number of hydrogen-bond donors (Lipinski definition) is 0. The summed E-state index contributed by atoms with van der Waals surface area (Å²) in [5.74, 6) is 0. The van der Waals surface area contributed by atoms with Gasteiger partial charge >= 0.3 is 0 Å². The smallest absolute Gasteiger partial charge is 0.0726 e. The fourth-order valence-corrected chi connectivity index (χ4v) is 19.4. The molecule has 15 aromatic carbocycles. The van der Waals surface area contributed by atoms with Crippen molar-refractivity contribution in [1.82, 2.24) is 18.3 Å². The second kappa shape index (κ2) is 21.0. The summed E-state index contributed by atoms with van der Waals surface area (Å²) in [7, 11) is 0. The standard InChI is InChI=1S/C49H30N2.C47H34N2/c1-2-14-31(15-3-1)50-45-25-13-8-20-39(45)47-46(50)29-28-38-37-19-7-12-24-44(37)51(48(38)47)32-26-27-36-35-18-6-11-23-42(35)49(43(36)30-32)40-21-9-4-16-33(40)34-17-5-10-22-41(34)49;1-2-12-31(13-3-1)32-20-22-33(23-21-32)48-43-19-9-6-16-39(43)45-44(48)27-26-38-37-15-5-8-18-42(37)49(46(38)45)34-24-25-36-35-14-4-7-17-40(35)47(41(36)30-34)28-10-11-29-47/h1-30H;1-9,12-27,30H,10-11,28-29H2. The number of aromatic nitrogens is 4. The van der Waals surface area contributed by atoms with E-state index in [1.54, 1.807) is 0 Å². The molecule has 0 unspecified atom stereocenters. The lowest BCUT2D eigenvalue weighted by molar-refractivity contribution is 0.549. The van der Waals surface area contributed by atoms with Crippen LogP contribution in [0.3, 0.4) is 0 Å². The van der Waals surface area contributed by atoms with Crippen LogP contribution >= 0.6 is 0 Å². The third kappa shape index (κ3) is 7.44. The molecule has 0 N–H and O–H groups in total. The minimum Gasteiger partial charge on any atom is -0.309 e. The van der Waals surface area contributed by atoms with Gasteiger partial charge in [0.15, 0.2) is 0 Å². The quantitative estimate of drug-likeness (QED) is 0.164. The minimum atomic E-state index is -0.396. The van der Waals surface area contributed by atoms with Crippen molar-refractivity contribution in [3.05, 3.63) is 373 Å². The molecule has 0 amide bonds. The molecule has 468 valence electrons. The van der Waals surface area contributed by atoms with Crippen LogP contribution in [0.1, 0.15) is 59.1 Å².